The minimum absolute atomic E-state index is 0.0614. The second kappa shape index (κ2) is 5.90. The molecule has 0 radical (unpaired) electrons. The Kier molecular flexibility index (Phi) is 3.49. The summed E-state index contributed by atoms with van der Waals surface area (Å²) in [5.41, 5.74) is 6.67. The van der Waals surface area contributed by atoms with Crippen molar-refractivity contribution >= 4 is 33.4 Å². The van der Waals surface area contributed by atoms with E-state index in [1.165, 1.54) is 32.7 Å². The molecule has 29 heavy (non-hydrogen) atoms. The van der Waals surface area contributed by atoms with Gasteiger partial charge in [-0.1, -0.05) is 64.0 Å². The minimum atomic E-state index is -0.333. The Balaban J connectivity index is 1.57. The van der Waals surface area contributed by atoms with Crippen molar-refractivity contribution < 1.29 is 9.59 Å². The van der Waals surface area contributed by atoms with Crippen molar-refractivity contribution in [1.29, 1.82) is 0 Å². The number of rotatable bonds is 1. The highest BCUT2D eigenvalue weighted by Gasteiger charge is 2.61. The van der Waals surface area contributed by atoms with Gasteiger partial charge < -0.3 is 0 Å². The van der Waals surface area contributed by atoms with Crippen LogP contribution in [0.4, 0.5) is 5.69 Å². The zero-order chi connectivity index (χ0) is 19.9. The van der Waals surface area contributed by atoms with Gasteiger partial charge in [0, 0.05) is 16.3 Å². The Morgan fingerprint density at radius 3 is 1.90 bits per heavy atom. The molecule has 142 valence electrons. The van der Waals surface area contributed by atoms with Gasteiger partial charge in [0.1, 0.15) is 0 Å². The predicted molar refractivity (Wildman–Crippen MR) is 115 cm³/mol. The minimum Gasteiger partial charge on any atom is -0.274 e. The highest BCUT2D eigenvalue weighted by Crippen LogP contribution is 2.61. The van der Waals surface area contributed by atoms with Crippen LogP contribution in [0.2, 0.25) is 0 Å². The topological polar surface area (TPSA) is 37.4 Å². The van der Waals surface area contributed by atoms with E-state index in [0.717, 1.165) is 4.47 Å². The summed E-state index contributed by atoms with van der Waals surface area (Å²) < 4.78 is 0.924. The van der Waals surface area contributed by atoms with Crippen molar-refractivity contribution in [3.05, 3.63) is 99.0 Å². The zero-order valence-electron chi connectivity index (χ0n) is 15.8. The molecular formula is C25H18BrNO2. The van der Waals surface area contributed by atoms with E-state index in [-0.39, 0.29) is 35.5 Å². The number of carbonyl (C=O) groups is 2. The van der Waals surface area contributed by atoms with Crippen LogP contribution in [0.5, 0.6) is 0 Å². The van der Waals surface area contributed by atoms with Gasteiger partial charge in [-0.25, -0.2) is 4.90 Å². The fraction of sp³-hybridized carbons (Fsp3) is 0.200. The van der Waals surface area contributed by atoms with Gasteiger partial charge in [-0.3, -0.25) is 9.59 Å². The number of carbonyl (C=O) groups excluding carboxylic acids is 2. The van der Waals surface area contributed by atoms with Crippen LogP contribution in [0.15, 0.2) is 71.2 Å². The molecule has 4 atom stereocenters. The van der Waals surface area contributed by atoms with Crippen LogP contribution in [0.3, 0.4) is 0 Å². The van der Waals surface area contributed by atoms with Crippen molar-refractivity contribution in [2.45, 2.75) is 18.8 Å². The van der Waals surface area contributed by atoms with Crippen molar-refractivity contribution in [1.82, 2.24) is 0 Å². The molecule has 1 aliphatic heterocycles. The fourth-order valence-electron chi connectivity index (χ4n) is 5.69. The van der Waals surface area contributed by atoms with Crippen molar-refractivity contribution in [2.75, 3.05) is 4.90 Å². The molecule has 0 aromatic heterocycles. The van der Waals surface area contributed by atoms with Crippen LogP contribution in [0.1, 0.15) is 39.7 Å². The summed E-state index contributed by atoms with van der Waals surface area (Å²) in [6.45, 7) is 2.09. The van der Waals surface area contributed by atoms with Gasteiger partial charge in [0.25, 0.3) is 0 Å². The molecule has 0 N–H and O–H groups in total. The van der Waals surface area contributed by atoms with Crippen LogP contribution in [-0.4, -0.2) is 11.8 Å². The normalized spacial score (nSPS) is 26.3. The van der Waals surface area contributed by atoms with Crippen molar-refractivity contribution in [3.8, 4) is 0 Å². The fourth-order valence-corrected chi connectivity index (χ4v) is 5.96. The molecule has 1 saturated heterocycles. The molecule has 4 heteroatoms. The van der Waals surface area contributed by atoms with E-state index >= 15 is 0 Å². The van der Waals surface area contributed by atoms with Crippen LogP contribution >= 0.6 is 15.9 Å². The lowest BCUT2D eigenvalue weighted by atomic mass is 9.55. The molecular weight excluding hydrogens is 426 g/mol. The Labute approximate surface area is 177 Å². The highest BCUT2D eigenvalue weighted by atomic mass is 79.9. The Bertz CT molecular complexity index is 1200. The van der Waals surface area contributed by atoms with Crippen LogP contribution in [0.25, 0.3) is 0 Å². The lowest BCUT2D eigenvalue weighted by Crippen LogP contribution is -2.41. The van der Waals surface area contributed by atoms with Gasteiger partial charge in [0.15, 0.2) is 0 Å². The highest BCUT2D eigenvalue weighted by molar-refractivity contribution is 9.10. The third-order valence-corrected chi connectivity index (χ3v) is 7.31. The maximum atomic E-state index is 13.6. The summed E-state index contributed by atoms with van der Waals surface area (Å²) in [4.78, 5) is 28.7. The number of nitrogens with zero attached hydrogens (tertiary/aromatic N) is 1. The second-order valence-electron chi connectivity index (χ2n) is 8.26. The van der Waals surface area contributed by atoms with Crippen molar-refractivity contribution in [2.24, 2.45) is 11.8 Å². The van der Waals surface area contributed by atoms with Crippen molar-refractivity contribution in [3.63, 3.8) is 0 Å². The summed E-state index contributed by atoms with van der Waals surface area (Å²) in [7, 11) is 0. The number of hydrogen-bond donors (Lipinski definition) is 0. The van der Waals surface area contributed by atoms with E-state index < -0.39 is 0 Å². The van der Waals surface area contributed by atoms with E-state index in [9.17, 15) is 9.59 Å². The van der Waals surface area contributed by atoms with E-state index in [1.807, 2.05) is 36.4 Å². The van der Waals surface area contributed by atoms with Gasteiger partial charge in [-0.05, 0) is 53.4 Å². The molecule has 0 unspecified atom stereocenters. The zero-order valence-corrected chi connectivity index (χ0v) is 17.4. The standard InChI is InChI=1S/C25H18BrNO2/c1-13-6-11-18-19(12-13)21-17-5-3-2-4-16(17)20(18)22-23(21)25(29)27(24(22)28)15-9-7-14(26)8-10-15/h2-12,20-23H,1H3/t20-,21-,22-,23+/m0/s1. The SMILES string of the molecule is Cc1ccc2c(c1)[C@@H]1c3ccccc3[C@@H]2[C@@H]2C(=O)N(c3ccc(Br)cc3)C(=O)[C@H]12. The first-order chi connectivity index (χ1) is 14.1. The average molecular weight is 444 g/mol. The third-order valence-electron chi connectivity index (χ3n) is 6.78. The molecule has 7 rings (SSSR count). The van der Waals surface area contributed by atoms with Crippen LogP contribution in [-0.2, 0) is 9.59 Å². The number of hydrogen-bond acceptors (Lipinski definition) is 2. The Morgan fingerprint density at radius 2 is 1.28 bits per heavy atom. The molecule has 2 bridgehead atoms. The van der Waals surface area contributed by atoms with E-state index in [0.29, 0.717) is 5.69 Å². The van der Waals surface area contributed by atoms with Gasteiger partial charge in [0.05, 0.1) is 17.5 Å². The second-order valence-corrected chi connectivity index (χ2v) is 9.17. The number of imide groups is 1. The average Bonchev–Trinajstić information content (AvgIpc) is 2.99. The first-order valence-corrected chi connectivity index (χ1v) is 10.7. The van der Waals surface area contributed by atoms with Crippen LogP contribution in [0, 0.1) is 18.8 Å². The molecule has 3 aromatic carbocycles. The number of halogens is 1. The van der Waals surface area contributed by atoms with Gasteiger partial charge >= 0.3 is 0 Å². The maximum Gasteiger partial charge on any atom is 0.238 e. The molecule has 1 heterocycles. The molecule has 3 aromatic rings. The molecule has 1 fully saturated rings. The summed E-state index contributed by atoms with van der Waals surface area (Å²) in [5, 5.41) is 0. The van der Waals surface area contributed by atoms with Gasteiger partial charge in [-0.15, -0.1) is 0 Å². The first-order valence-electron chi connectivity index (χ1n) is 9.89. The van der Waals surface area contributed by atoms with Gasteiger partial charge in [-0.2, -0.15) is 0 Å². The molecule has 2 amide bonds. The monoisotopic (exact) mass is 443 g/mol. The summed E-state index contributed by atoms with van der Waals surface area (Å²) in [6.07, 6.45) is 0. The Morgan fingerprint density at radius 1 is 0.724 bits per heavy atom. The van der Waals surface area contributed by atoms with E-state index in [2.05, 4.69) is 53.2 Å². The lowest BCUT2D eigenvalue weighted by molar-refractivity contribution is -0.122. The number of amides is 2. The summed E-state index contributed by atoms with van der Waals surface area (Å²) in [5.74, 6) is -0.930. The largest absolute Gasteiger partial charge is 0.274 e. The quantitative estimate of drug-likeness (QED) is 0.487. The Hall–Kier alpha value is -2.72. The first kappa shape index (κ1) is 17.2. The van der Waals surface area contributed by atoms with Gasteiger partial charge in [0.2, 0.25) is 11.8 Å². The maximum absolute atomic E-state index is 13.6. The predicted octanol–water partition coefficient (Wildman–Crippen LogP) is 5.15. The molecule has 3 aliphatic carbocycles. The molecule has 4 aliphatic rings. The smallest absolute Gasteiger partial charge is 0.238 e. The number of aryl methyl sites for hydroxylation is 1. The number of benzene rings is 3. The lowest BCUT2D eigenvalue weighted by Gasteiger charge is -2.46. The van der Waals surface area contributed by atoms with E-state index in [4.69, 9.17) is 0 Å². The van der Waals surface area contributed by atoms with E-state index in [1.54, 1.807) is 0 Å². The third kappa shape index (κ3) is 2.18. The molecule has 0 saturated carbocycles. The summed E-state index contributed by atoms with van der Waals surface area (Å²) in [6, 6.07) is 22.2. The van der Waals surface area contributed by atoms with Crippen LogP contribution < -0.4 is 4.90 Å². The summed E-state index contributed by atoms with van der Waals surface area (Å²) >= 11 is 3.43. The number of anilines is 1. The molecule has 3 nitrogen and oxygen atoms in total. The molecule has 0 spiro atoms.